The molecule has 0 spiro atoms. The fraction of sp³-hybridized carbons (Fsp3) is 0.250. The van der Waals surface area contributed by atoms with Crippen LogP contribution in [0.4, 0.5) is 0 Å². The average Bonchev–Trinajstić information content (AvgIpc) is 2.12. The third-order valence-corrected chi connectivity index (χ3v) is 1.17. The van der Waals surface area contributed by atoms with Gasteiger partial charge in [-0.15, -0.1) is 12.4 Å². The molecule has 0 radical (unpaired) electrons. The van der Waals surface area contributed by atoms with Crippen molar-refractivity contribution in [3.8, 4) is 0 Å². The van der Waals surface area contributed by atoms with Gasteiger partial charge in [0.05, 0.1) is 11.0 Å². The van der Waals surface area contributed by atoms with E-state index in [4.69, 9.17) is 5.73 Å². The summed E-state index contributed by atoms with van der Waals surface area (Å²) in [4.78, 5) is 0.464. The van der Waals surface area contributed by atoms with E-state index in [1.54, 1.807) is 6.20 Å². The number of nitrogens with one attached hydrogen (secondary N) is 2. The number of thiocarbonyl (C=S) groups is 1. The molecule has 0 saturated carbocycles. The lowest BCUT2D eigenvalue weighted by Crippen LogP contribution is -2.39. The maximum absolute atomic E-state index is 5.28. The van der Waals surface area contributed by atoms with Gasteiger partial charge >= 0.3 is 0 Å². The lowest BCUT2D eigenvalue weighted by Gasteiger charge is -2.03. The molecule has 0 aromatic heterocycles. The largest absolute Gasteiger partial charge is 0.392 e. The van der Waals surface area contributed by atoms with Gasteiger partial charge in [-0.3, -0.25) is 0 Å². The van der Waals surface area contributed by atoms with Gasteiger partial charge in [0.2, 0.25) is 0 Å². The normalized spacial score (nSPS) is 22.4. The Bertz CT molecular complexity index is 136. The molecule has 3 nitrogen and oxygen atoms in total. The molecular weight excluding hydrogens is 158 g/mol. The molecule has 9 heavy (non-hydrogen) atoms. The monoisotopic (exact) mass is 165 g/mol. The number of halogens is 1. The van der Waals surface area contributed by atoms with Crippen LogP contribution >= 0.6 is 24.6 Å². The van der Waals surface area contributed by atoms with Crippen molar-refractivity contribution in [2.75, 3.05) is 0 Å². The first-order valence-corrected chi connectivity index (χ1v) is 2.68. The number of hydrazine groups is 1. The van der Waals surface area contributed by atoms with Crippen molar-refractivity contribution in [1.29, 1.82) is 0 Å². The predicted octanol–water partition coefficient (Wildman–Crippen LogP) is -0.316. The lowest BCUT2D eigenvalue weighted by atomic mass is 10.3. The van der Waals surface area contributed by atoms with Gasteiger partial charge in [0.15, 0.2) is 0 Å². The molecule has 0 fully saturated rings. The van der Waals surface area contributed by atoms with Crippen LogP contribution < -0.4 is 16.6 Å². The molecule has 1 aliphatic heterocycles. The molecule has 1 rings (SSSR count). The molecule has 5 heteroatoms. The van der Waals surface area contributed by atoms with Crippen LogP contribution in [0.2, 0.25) is 0 Å². The summed E-state index contributed by atoms with van der Waals surface area (Å²) < 4.78 is 0. The van der Waals surface area contributed by atoms with Crippen molar-refractivity contribution in [2.45, 2.75) is 6.04 Å². The van der Waals surface area contributed by atoms with E-state index in [1.807, 2.05) is 6.08 Å². The van der Waals surface area contributed by atoms with Crippen molar-refractivity contribution >= 4 is 29.6 Å². The Hall–Kier alpha value is -0.320. The molecule has 1 aliphatic rings. The number of hydrogen-bond acceptors (Lipinski definition) is 3. The van der Waals surface area contributed by atoms with Crippen LogP contribution in [0.1, 0.15) is 0 Å². The second kappa shape index (κ2) is 3.66. The van der Waals surface area contributed by atoms with Crippen LogP contribution in [0.5, 0.6) is 0 Å². The van der Waals surface area contributed by atoms with Crippen molar-refractivity contribution < 1.29 is 0 Å². The fourth-order valence-corrected chi connectivity index (χ4v) is 0.634. The Labute approximate surface area is 65.1 Å². The maximum Gasteiger partial charge on any atom is 0.0958 e. The van der Waals surface area contributed by atoms with Crippen molar-refractivity contribution in [1.82, 2.24) is 10.9 Å². The summed E-state index contributed by atoms with van der Waals surface area (Å²) in [5.74, 6) is 0. The van der Waals surface area contributed by atoms with Gasteiger partial charge in [0.1, 0.15) is 0 Å². The summed E-state index contributed by atoms with van der Waals surface area (Å²) in [7, 11) is 0. The van der Waals surface area contributed by atoms with E-state index in [2.05, 4.69) is 23.1 Å². The lowest BCUT2D eigenvalue weighted by molar-refractivity contribution is 0.678. The molecule has 0 aliphatic carbocycles. The van der Waals surface area contributed by atoms with E-state index < -0.39 is 0 Å². The standard InChI is InChI=1S/C4H7N3S.ClH/c5-4(8)3-1-2-6-7-3;/h1-3,6-7H,(H2,5,8);1H. The molecule has 1 heterocycles. The Morgan fingerprint density at radius 3 is 2.56 bits per heavy atom. The number of nitrogens with two attached hydrogens (primary N) is 1. The van der Waals surface area contributed by atoms with Crippen LogP contribution in [-0.4, -0.2) is 11.0 Å². The first-order valence-electron chi connectivity index (χ1n) is 2.28. The van der Waals surface area contributed by atoms with E-state index in [9.17, 15) is 0 Å². The first kappa shape index (κ1) is 8.68. The van der Waals surface area contributed by atoms with Gasteiger partial charge in [-0.1, -0.05) is 12.2 Å². The minimum atomic E-state index is 0. The molecule has 4 N–H and O–H groups in total. The second-order valence-electron chi connectivity index (χ2n) is 1.53. The van der Waals surface area contributed by atoms with Crippen molar-refractivity contribution in [3.05, 3.63) is 12.3 Å². The van der Waals surface area contributed by atoms with Gasteiger partial charge in [-0.05, 0) is 6.08 Å². The average molecular weight is 166 g/mol. The van der Waals surface area contributed by atoms with Gasteiger partial charge in [0, 0.05) is 6.20 Å². The summed E-state index contributed by atoms with van der Waals surface area (Å²) >= 11 is 4.68. The molecule has 52 valence electrons. The Kier molecular flexibility index (Phi) is 3.53. The summed E-state index contributed by atoms with van der Waals surface area (Å²) in [5, 5.41) is 0. The van der Waals surface area contributed by atoms with Gasteiger partial charge in [0.25, 0.3) is 0 Å². The Balaban J connectivity index is 0.000000640. The quantitative estimate of drug-likeness (QED) is 0.467. The second-order valence-corrected chi connectivity index (χ2v) is 2.00. The molecule has 1 atom stereocenters. The van der Waals surface area contributed by atoms with Crippen LogP contribution in [0.15, 0.2) is 12.3 Å². The molecular formula is C4H8ClN3S. The number of hydrogen-bond donors (Lipinski definition) is 3. The van der Waals surface area contributed by atoms with Gasteiger partial charge < -0.3 is 11.2 Å². The summed E-state index contributed by atoms with van der Waals surface area (Å²) in [6.45, 7) is 0. The zero-order chi connectivity index (χ0) is 5.98. The highest BCUT2D eigenvalue weighted by molar-refractivity contribution is 7.80. The predicted molar refractivity (Wildman–Crippen MR) is 43.2 cm³/mol. The van der Waals surface area contributed by atoms with Crippen LogP contribution in [0.3, 0.4) is 0 Å². The maximum atomic E-state index is 5.28. The fourth-order valence-electron chi connectivity index (χ4n) is 0.496. The third kappa shape index (κ3) is 2.17. The highest BCUT2D eigenvalue weighted by Crippen LogP contribution is 1.89. The summed E-state index contributed by atoms with van der Waals surface area (Å²) in [6.07, 6.45) is 3.63. The minimum absolute atomic E-state index is 0. The molecule has 0 aromatic rings. The smallest absolute Gasteiger partial charge is 0.0958 e. The van der Waals surface area contributed by atoms with Crippen LogP contribution in [0, 0.1) is 0 Å². The third-order valence-electron chi connectivity index (χ3n) is 0.917. The van der Waals surface area contributed by atoms with Crippen molar-refractivity contribution in [3.63, 3.8) is 0 Å². The highest BCUT2D eigenvalue weighted by atomic mass is 35.5. The van der Waals surface area contributed by atoms with Crippen LogP contribution in [-0.2, 0) is 0 Å². The Morgan fingerprint density at radius 2 is 2.33 bits per heavy atom. The zero-order valence-electron chi connectivity index (χ0n) is 4.63. The zero-order valence-corrected chi connectivity index (χ0v) is 6.26. The number of rotatable bonds is 1. The van der Waals surface area contributed by atoms with Crippen LogP contribution in [0.25, 0.3) is 0 Å². The van der Waals surface area contributed by atoms with Gasteiger partial charge in [-0.2, -0.15) is 0 Å². The van der Waals surface area contributed by atoms with Crippen molar-refractivity contribution in [2.24, 2.45) is 5.73 Å². The van der Waals surface area contributed by atoms with E-state index in [0.29, 0.717) is 4.99 Å². The molecule has 0 saturated heterocycles. The summed E-state index contributed by atoms with van der Waals surface area (Å²) in [5.41, 5.74) is 10.9. The Morgan fingerprint density at radius 1 is 1.67 bits per heavy atom. The van der Waals surface area contributed by atoms with E-state index in [0.717, 1.165) is 0 Å². The van der Waals surface area contributed by atoms with Gasteiger partial charge in [-0.25, -0.2) is 5.43 Å². The van der Waals surface area contributed by atoms with E-state index >= 15 is 0 Å². The highest BCUT2D eigenvalue weighted by Gasteiger charge is 2.08. The minimum Gasteiger partial charge on any atom is -0.392 e. The molecule has 0 bridgehead atoms. The molecule has 1 unspecified atom stereocenters. The molecule has 0 amide bonds. The topological polar surface area (TPSA) is 50.1 Å². The first-order chi connectivity index (χ1) is 3.80. The van der Waals surface area contributed by atoms with E-state index in [1.165, 1.54) is 0 Å². The molecule has 0 aromatic carbocycles. The summed E-state index contributed by atoms with van der Waals surface area (Å²) in [6, 6.07) is 0.0324. The SMILES string of the molecule is Cl.NC(=S)C1C=CNN1. The van der Waals surface area contributed by atoms with E-state index in [-0.39, 0.29) is 18.4 Å².